The van der Waals surface area contributed by atoms with Gasteiger partial charge in [-0.25, -0.2) is 13.1 Å². The van der Waals surface area contributed by atoms with E-state index in [0.717, 1.165) is 5.56 Å². The summed E-state index contributed by atoms with van der Waals surface area (Å²) in [4.78, 5) is 0. The molecule has 2 rings (SSSR count). The van der Waals surface area contributed by atoms with Crippen molar-refractivity contribution in [2.45, 2.75) is 18.9 Å². The first-order valence-electron chi connectivity index (χ1n) is 5.36. The molecule has 0 unspecified atom stereocenters. The largest absolute Gasteiger partial charge is 0.280 e. The fourth-order valence-electron chi connectivity index (χ4n) is 1.72. The lowest BCUT2D eigenvalue weighted by atomic mass is 10.2. The van der Waals surface area contributed by atoms with E-state index in [0.29, 0.717) is 11.4 Å². The molecule has 1 heterocycles. The monoisotopic (exact) mass is 295 g/mol. The van der Waals surface area contributed by atoms with Crippen molar-refractivity contribution < 1.29 is 8.42 Å². The number of nitrogens with zero attached hydrogens (tertiary/aromatic N) is 3. The molecular weight excluding hydrogens is 286 g/mol. The Morgan fingerprint density at radius 1 is 1.26 bits per heavy atom. The summed E-state index contributed by atoms with van der Waals surface area (Å²) >= 11 is 0. The van der Waals surface area contributed by atoms with Crippen molar-refractivity contribution in [2.75, 3.05) is 0 Å². The minimum atomic E-state index is -4.06. The summed E-state index contributed by atoms with van der Waals surface area (Å²) in [6.07, 6.45) is 0. The molecule has 0 amide bonds. The SMILES string of the molecule is Cc1ccc(-n2nc(C)c(C#N)c2S(=O)(=O)Cl)cc1. The third-order valence-electron chi connectivity index (χ3n) is 2.64. The van der Waals surface area contributed by atoms with E-state index in [2.05, 4.69) is 5.10 Å². The Balaban J connectivity index is 2.79. The Morgan fingerprint density at radius 3 is 2.32 bits per heavy atom. The van der Waals surface area contributed by atoms with E-state index in [-0.39, 0.29) is 10.6 Å². The lowest BCUT2D eigenvalue weighted by Gasteiger charge is -2.05. The smallest absolute Gasteiger partial charge is 0.219 e. The molecule has 1 aromatic heterocycles. The van der Waals surface area contributed by atoms with Gasteiger partial charge in [-0.05, 0) is 26.0 Å². The number of rotatable bonds is 2. The van der Waals surface area contributed by atoms with E-state index >= 15 is 0 Å². The number of hydrogen-bond acceptors (Lipinski definition) is 4. The maximum Gasteiger partial charge on any atom is 0.280 e. The highest BCUT2D eigenvalue weighted by Gasteiger charge is 2.26. The van der Waals surface area contributed by atoms with Gasteiger partial charge in [0.15, 0.2) is 5.03 Å². The maximum atomic E-state index is 11.6. The van der Waals surface area contributed by atoms with Crippen LogP contribution in [0.3, 0.4) is 0 Å². The molecule has 0 radical (unpaired) electrons. The summed E-state index contributed by atoms with van der Waals surface area (Å²) in [5.41, 5.74) is 1.86. The van der Waals surface area contributed by atoms with E-state index in [9.17, 15) is 8.42 Å². The van der Waals surface area contributed by atoms with Crippen molar-refractivity contribution in [3.05, 3.63) is 41.1 Å². The van der Waals surface area contributed by atoms with Crippen LogP contribution < -0.4 is 0 Å². The molecule has 98 valence electrons. The van der Waals surface area contributed by atoms with E-state index in [1.807, 2.05) is 25.1 Å². The highest BCUT2D eigenvalue weighted by molar-refractivity contribution is 8.13. The Morgan fingerprint density at radius 2 is 1.84 bits per heavy atom. The molecule has 7 heteroatoms. The van der Waals surface area contributed by atoms with Crippen LogP contribution in [0.4, 0.5) is 0 Å². The number of hydrogen-bond donors (Lipinski definition) is 0. The highest BCUT2D eigenvalue weighted by Crippen LogP contribution is 2.25. The number of aryl methyl sites for hydroxylation is 2. The molecule has 0 N–H and O–H groups in total. The first-order valence-corrected chi connectivity index (χ1v) is 7.67. The Labute approximate surface area is 115 Å². The van der Waals surface area contributed by atoms with Crippen molar-refractivity contribution in [2.24, 2.45) is 0 Å². The predicted molar refractivity (Wildman–Crippen MR) is 70.8 cm³/mol. The van der Waals surface area contributed by atoms with Crippen LogP contribution in [0.5, 0.6) is 0 Å². The fraction of sp³-hybridized carbons (Fsp3) is 0.167. The lowest BCUT2D eigenvalue weighted by molar-refractivity contribution is 0.599. The van der Waals surface area contributed by atoms with E-state index in [1.54, 1.807) is 19.1 Å². The van der Waals surface area contributed by atoms with Crippen molar-refractivity contribution in [3.8, 4) is 11.8 Å². The Hall–Kier alpha value is -1.84. The molecule has 0 aliphatic rings. The highest BCUT2D eigenvalue weighted by atomic mass is 35.7. The van der Waals surface area contributed by atoms with Gasteiger partial charge in [-0.2, -0.15) is 10.4 Å². The van der Waals surface area contributed by atoms with Gasteiger partial charge in [0.1, 0.15) is 11.6 Å². The summed E-state index contributed by atoms with van der Waals surface area (Å²) in [5.74, 6) is 0. The quantitative estimate of drug-likeness (QED) is 0.797. The van der Waals surface area contributed by atoms with Crippen LogP contribution in [-0.4, -0.2) is 18.2 Å². The fourth-order valence-corrected chi connectivity index (χ4v) is 2.94. The van der Waals surface area contributed by atoms with Gasteiger partial charge in [-0.3, -0.25) is 0 Å². The molecule has 0 saturated carbocycles. The van der Waals surface area contributed by atoms with E-state index in [4.69, 9.17) is 15.9 Å². The van der Waals surface area contributed by atoms with Crippen LogP contribution in [0.15, 0.2) is 29.3 Å². The van der Waals surface area contributed by atoms with Crippen molar-refractivity contribution in [3.63, 3.8) is 0 Å². The average molecular weight is 296 g/mol. The predicted octanol–water partition coefficient (Wildman–Crippen LogP) is 2.29. The van der Waals surface area contributed by atoms with Crippen LogP contribution in [0.25, 0.3) is 5.69 Å². The number of nitriles is 1. The normalized spacial score (nSPS) is 11.3. The van der Waals surface area contributed by atoms with Gasteiger partial charge in [0.05, 0.1) is 11.4 Å². The van der Waals surface area contributed by atoms with Crippen LogP contribution in [-0.2, 0) is 9.05 Å². The zero-order valence-electron chi connectivity index (χ0n) is 10.3. The first kappa shape index (κ1) is 13.6. The zero-order chi connectivity index (χ0) is 14.2. The average Bonchev–Trinajstić information content (AvgIpc) is 2.66. The molecule has 1 aromatic carbocycles. The minimum Gasteiger partial charge on any atom is -0.219 e. The molecule has 19 heavy (non-hydrogen) atoms. The lowest BCUT2D eigenvalue weighted by Crippen LogP contribution is -2.05. The number of benzene rings is 1. The molecule has 0 fully saturated rings. The third kappa shape index (κ3) is 2.48. The minimum absolute atomic E-state index is 0.0319. The second-order valence-electron chi connectivity index (χ2n) is 4.06. The standard InChI is InChI=1S/C12H10ClN3O2S/c1-8-3-5-10(6-4-8)16-12(19(13,17)18)11(7-14)9(2)15-16/h3-6H,1-2H3. The first-order chi connectivity index (χ1) is 8.84. The summed E-state index contributed by atoms with van der Waals surface area (Å²) in [5, 5.41) is 12.8. The molecule has 5 nitrogen and oxygen atoms in total. The molecule has 2 aromatic rings. The summed E-state index contributed by atoms with van der Waals surface area (Å²) < 4.78 is 24.5. The van der Waals surface area contributed by atoms with Gasteiger partial charge in [-0.15, -0.1) is 0 Å². The zero-order valence-corrected chi connectivity index (χ0v) is 11.8. The second-order valence-corrected chi connectivity index (χ2v) is 6.54. The van der Waals surface area contributed by atoms with Crippen LogP contribution >= 0.6 is 10.7 Å². The van der Waals surface area contributed by atoms with Crippen LogP contribution in [0.2, 0.25) is 0 Å². The maximum absolute atomic E-state index is 11.6. The van der Waals surface area contributed by atoms with Gasteiger partial charge >= 0.3 is 0 Å². The number of halogens is 1. The van der Waals surface area contributed by atoms with Gasteiger partial charge in [-0.1, -0.05) is 17.7 Å². The summed E-state index contributed by atoms with van der Waals surface area (Å²) in [6, 6.07) is 8.90. The molecule has 0 aliphatic carbocycles. The van der Waals surface area contributed by atoms with Crippen molar-refractivity contribution >= 4 is 19.7 Å². The van der Waals surface area contributed by atoms with Crippen molar-refractivity contribution in [1.29, 1.82) is 5.26 Å². The molecule has 0 saturated heterocycles. The Kier molecular flexibility index (Phi) is 3.35. The van der Waals surface area contributed by atoms with Crippen LogP contribution in [0, 0.1) is 25.2 Å². The second kappa shape index (κ2) is 4.68. The molecular formula is C12H10ClN3O2S. The van der Waals surface area contributed by atoms with Gasteiger partial charge in [0.25, 0.3) is 9.05 Å². The van der Waals surface area contributed by atoms with Gasteiger partial charge in [0.2, 0.25) is 0 Å². The molecule has 0 bridgehead atoms. The van der Waals surface area contributed by atoms with Gasteiger partial charge < -0.3 is 0 Å². The Bertz CT molecular complexity index is 771. The third-order valence-corrected chi connectivity index (χ3v) is 3.92. The van der Waals surface area contributed by atoms with E-state index < -0.39 is 9.05 Å². The summed E-state index contributed by atoms with van der Waals surface area (Å²) in [7, 11) is 1.34. The van der Waals surface area contributed by atoms with E-state index in [1.165, 1.54) is 4.68 Å². The van der Waals surface area contributed by atoms with Crippen LogP contribution in [0.1, 0.15) is 16.8 Å². The molecule has 0 aliphatic heterocycles. The van der Waals surface area contributed by atoms with Gasteiger partial charge in [0, 0.05) is 10.7 Å². The molecule has 0 atom stereocenters. The molecule has 0 spiro atoms. The summed E-state index contributed by atoms with van der Waals surface area (Å²) in [6.45, 7) is 3.48. The topological polar surface area (TPSA) is 75.8 Å². The number of aromatic nitrogens is 2. The van der Waals surface area contributed by atoms with Crippen molar-refractivity contribution in [1.82, 2.24) is 9.78 Å².